The fourth-order valence-electron chi connectivity index (χ4n) is 5.04. The third kappa shape index (κ3) is 5.77. The normalized spacial score (nSPS) is 18.3. The first kappa shape index (κ1) is 26.3. The zero-order valence-electron chi connectivity index (χ0n) is 19.8. The number of halogens is 6. The van der Waals surface area contributed by atoms with Crippen LogP contribution in [0.25, 0.3) is 6.08 Å². The maximum atomic E-state index is 13.0. The van der Waals surface area contributed by atoms with E-state index in [0.29, 0.717) is 25.1 Å². The second kappa shape index (κ2) is 9.92. The van der Waals surface area contributed by atoms with Crippen LogP contribution in [0.4, 0.5) is 26.3 Å². The number of nitrogens with zero attached hydrogens (tertiary/aromatic N) is 1. The topological polar surface area (TPSA) is 32.3 Å². The first-order valence-corrected chi connectivity index (χ1v) is 11.9. The number of likely N-dealkylation sites (tertiary alicyclic amines) is 1. The van der Waals surface area contributed by atoms with E-state index in [4.69, 9.17) is 0 Å². The van der Waals surface area contributed by atoms with E-state index < -0.39 is 41.8 Å². The van der Waals surface area contributed by atoms with Crippen molar-refractivity contribution in [3.8, 4) is 0 Å². The zero-order valence-corrected chi connectivity index (χ0v) is 19.8. The third-order valence-corrected chi connectivity index (χ3v) is 7.27. The summed E-state index contributed by atoms with van der Waals surface area (Å²) >= 11 is 0. The van der Waals surface area contributed by atoms with Crippen LogP contribution in [0.1, 0.15) is 54.0 Å². The highest BCUT2D eigenvalue weighted by atomic mass is 19.4. The van der Waals surface area contributed by atoms with E-state index in [9.17, 15) is 31.1 Å². The van der Waals surface area contributed by atoms with Gasteiger partial charge in [0, 0.05) is 17.9 Å². The molecule has 0 aromatic heterocycles. The highest BCUT2D eigenvalue weighted by molar-refractivity contribution is 5.78. The second-order valence-corrected chi connectivity index (χ2v) is 9.74. The smallest absolute Gasteiger partial charge is 0.352 e. The average Bonchev–Trinajstić information content (AvgIpc) is 3.19. The Kier molecular flexibility index (Phi) is 7.23. The van der Waals surface area contributed by atoms with Crippen molar-refractivity contribution in [2.24, 2.45) is 5.92 Å². The molecule has 1 heterocycles. The number of piperidine rings is 1. The summed E-state index contributed by atoms with van der Waals surface area (Å²) in [6.07, 6.45) is -2.85. The van der Waals surface area contributed by atoms with E-state index in [-0.39, 0.29) is 17.0 Å². The number of alkyl halides is 6. The van der Waals surface area contributed by atoms with Crippen molar-refractivity contribution < 1.29 is 31.1 Å². The van der Waals surface area contributed by atoms with Crippen LogP contribution in [-0.4, -0.2) is 30.4 Å². The molecule has 2 aromatic carbocycles. The van der Waals surface area contributed by atoms with Gasteiger partial charge in [-0.15, -0.1) is 0 Å². The maximum absolute atomic E-state index is 13.0. The predicted octanol–water partition coefficient (Wildman–Crippen LogP) is 6.43. The summed E-state index contributed by atoms with van der Waals surface area (Å²) in [5, 5.41) is 2.49. The molecule has 0 radical (unpaired) electrons. The third-order valence-electron chi connectivity index (χ3n) is 7.27. The van der Waals surface area contributed by atoms with Gasteiger partial charge in [-0.1, -0.05) is 43.3 Å². The molecule has 1 N–H and O–H groups in total. The molecule has 0 bridgehead atoms. The van der Waals surface area contributed by atoms with Crippen LogP contribution in [0.2, 0.25) is 0 Å². The summed E-state index contributed by atoms with van der Waals surface area (Å²) < 4.78 is 78.3. The van der Waals surface area contributed by atoms with Crippen LogP contribution in [0.5, 0.6) is 0 Å². The van der Waals surface area contributed by atoms with Crippen LogP contribution in [0.3, 0.4) is 0 Å². The molecule has 1 aliphatic carbocycles. The highest BCUT2D eigenvalue weighted by Crippen LogP contribution is 2.43. The van der Waals surface area contributed by atoms with Crippen LogP contribution in [0.15, 0.2) is 48.5 Å². The first-order chi connectivity index (χ1) is 16.9. The fourth-order valence-corrected chi connectivity index (χ4v) is 5.04. The summed E-state index contributed by atoms with van der Waals surface area (Å²) in [5.74, 6) is -0.831. The summed E-state index contributed by atoms with van der Waals surface area (Å²) in [4.78, 5) is 14.8. The van der Waals surface area contributed by atoms with Crippen molar-refractivity contribution in [1.82, 2.24) is 10.2 Å². The molecular formula is C27H28F6N2O. The number of carbonyl (C=O) groups is 1. The minimum Gasteiger partial charge on any atom is -0.352 e. The lowest BCUT2D eigenvalue weighted by Crippen LogP contribution is -2.42. The van der Waals surface area contributed by atoms with Gasteiger partial charge in [0.1, 0.15) is 0 Å². The molecule has 4 rings (SSSR count). The molecule has 0 unspecified atom stereocenters. The number of benzene rings is 2. The number of carbonyl (C=O) groups excluding carboxylic acids is 1. The number of rotatable bonds is 6. The first-order valence-electron chi connectivity index (χ1n) is 11.9. The molecule has 194 valence electrons. The SMILES string of the molecule is C[C@H](CCN1CCC2(C=Cc3ccccc32)CC1)C(=O)NCc1cc(C(F)(F)F)cc(C(F)(F)F)c1. The Bertz CT molecular complexity index is 1100. The zero-order chi connectivity index (χ0) is 26.1. The Labute approximate surface area is 206 Å². The van der Waals surface area contributed by atoms with E-state index in [2.05, 4.69) is 40.6 Å². The van der Waals surface area contributed by atoms with Gasteiger partial charge in [0.05, 0.1) is 11.1 Å². The molecule has 3 nitrogen and oxygen atoms in total. The van der Waals surface area contributed by atoms with Crippen molar-refractivity contribution in [1.29, 1.82) is 0 Å². The molecule has 2 aliphatic rings. The minimum absolute atomic E-state index is 0.0658. The molecule has 1 fully saturated rings. The second-order valence-electron chi connectivity index (χ2n) is 9.74. The number of amides is 1. The average molecular weight is 511 g/mol. The van der Waals surface area contributed by atoms with Gasteiger partial charge >= 0.3 is 12.4 Å². The van der Waals surface area contributed by atoms with Gasteiger partial charge in [-0.25, -0.2) is 0 Å². The Hall–Kier alpha value is -2.81. The molecular weight excluding hydrogens is 482 g/mol. The highest BCUT2D eigenvalue weighted by Gasteiger charge is 2.38. The molecule has 9 heteroatoms. The van der Waals surface area contributed by atoms with Crippen LogP contribution in [-0.2, 0) is 29.1 Å². The van der Waals surface area contributed by atoms with Crippen molar-refractivity contribution in [3.63, 3.8) is 0 Å². The molecule has 1 saturated heterocycles. The van der Waals surface area contributed by atoms with Crippen LogP contribution in [0, 0.1) is 5.92 Å². The minimum atomic E-state index is -4.92. The van der Waals surface area contributed by atoms with E-state index in [0.717, 1.165) is 25.9 Å². The number of nitrogens with one attached hydrogen (secondary N) is 1. The molecule has 0 saturated carbocycles. The summed E-state index contributed by atoms with van der Waals surface area (Å²) in [6, 6.07) is 9.75. The van der Waals surface area contributed by atoms with Gasteiger partial charge in [-0.05, 0) is 73.8 Å². The lowest BCUT2D eigenvalue weighted by atomic mass is 9.74. The van der Waals surface area contributed by atoms with E-state index in [1.54, 1.807) is 6.92 Å². The number of hydrogen-bond donors (Lipinski definition) is 1. The van der Waals surface area contributed by atoms with Crippen molar-refractivity contribution in [2.45, 2.75) is 50.5 Å². The fraction of sp³-hybridized carbons (Fsp3) is 0.444. The van der Waals surface area contributed by atoms with Gasteiger partial charge in [0.2, 0.25) is 5.91 Å². The number of fused-ring (bicyclic) bond motifs is 2. The molecule has 1 aliphatic heterocycles. The van der Waals surface area contributed by atoms with Crippen LogP contribution >= 0.6 is 0 Å². The Morgan fingerprint density at radius 1 is 1.00 bits per heavy atom. The van der Waals surface area contributed by atoms with Gasteiger partial charge in [0.15, 0.2) is 0 Å². The van der Waals surface area contributed by atoms with Crippen molar-refractivity contribution in [2.75, 3.05) is 19.6 Å². The molecule has 1 atom stereocenters. The number of hydrogen-bond acceptors (Lipinski definition) is 2. The van der Waals surface area contributed by atoms with Gasteiger partial charge < -0.3 is 10.2 Å². The molecule has 36 heavy (non-hydrogen) atoms. The quantitative estimate of drug-likeness (QED) is 0.455. The largest absolute Gasteiger partial charge is 0.416 e. The summed E-state index contributed by atoms with van der Waals surface area (Å²) in [5.41, 5.74) is -0.338. The summed E-state index contributed by atoms with van der Waals surface area (Å²) in [7, 11) is 0. The maximum Gasteiger partial charge on any atom is 0.416 e. The number of allylic oxidation sites excluding steroid dienone is 1. The predicted molar refractivity (Wildman–Crippen MR) is 125 cm³/mol. The molecule has 2 aromatic rings. The van der Waals surface area contributed by atoms with Gasteiger partial charge in [-0.2, -0.15) is 26.3 Å². The molecule has 1 amide bonds. The van der Waals surface area contributed by atoms with Gasteiger partial charge in [0.25, 0.3) is 0 Å². The van der Waals surface area contributed by atoms with Crippen LogP contribution < -0.4 is 5.32 Å². The standard InChI is InChI=1S/C27H28F6N2O/c1-18(7-11-35-12-9-25(10-13-35)8-6-20-4-2-3-5-23(20)25)24(36)34-17-19-14-21(26(28,29)30)16-22(15-19)27(31,32)33/h2-6,8,14-16,18H,7,9-13,17H2,1H3,(H,34,36)/t18-/m1/s1. The van der Waals surface area contributed by atoms with E-state index in [1.807, 2.05) is 6.07 Å². The molecule has 1 spiro atoms. The Balaban J connectivity index is 1.28. The Morgan fingerprint density at radius 2 is 1.61 bits per heavy atom. The lowest BCUT2D eigenvalue weighted by molar-refractivity contribution is -0.143. The summed E-state index contributed by atoms with van der Waals surface area (Å²) in [6.45, 7) is 3.77. The van der Waals surface area contributed by atoms with Gasteiger partial charge in [-0.3, -0.25) is 4.79 Å². The lowest BCUT2D eigenvalue weighted by Gasteiger charge is -2.39. The monoisotopic (exact) mass is 510 g/mol. The van der Waals surface area contributed by atoms with Crippen molar-refractivity contribution in [3.05, 3.63) is 76.4 Å². The van der Waals surface area contributed by atoms with E-state index in [1.165, 1.54) is 11.1 Å². The van der Waals surface area contributed by atoms with E-state index >= 15 is 0 Å². The van der Waals surface area contributed by atoms with Crippen molar-refractivity contribution >= 4 is 12.0 Å². The Morgan fingerprint density at radius 3 is 2.22 bits per heavy atom.